The summed E-state index contributed by atoms with van der Waals surface area (Å²) in [6.45, 7) is 1.89. The predicted octanol–water partition coefficient (Wildman–Crippen LogP) is -0.341. The number of carbonyl (C=O) groups is 1. The molecule has 3 atom stereocenters. The van der Waals surface area contributed by atoms with Gasteiger partial charge in [-0.2, -0.15) is 0 Å². The minimum absolute atomic E-state index is 0.0544. The van der Waals surface area contributed by atoms with Crippen molar-refractivity contribution in [2.45, 2.75) is 25.7 Å². The Labute approximate surface area is 90.9 Å². The first-order chi connectivity index (χ1) is 7.61. The molecule has 2 heterocycles. The molecule has 0 aliphatic carbocycles. The predicted molar refractivity (Wildman–Crippen MR) is 55.1 cm³/mol. The molecule has 2 rings (SSSR count). The van der Waals surface area contributed by atoms with E-state index in [2.05, 4.69) is 4.98 Å². The number of nitrogens with one attached hydrogen (secondary N) is 1. The summed E-state index contributed by atoms with van der Waals surface area (Å²) in [6, 6.07) is 1.26. The SMILES string of the molecule is C[C@H]1C[C@@H](C=O)O[C@H]1n1ccc(=O)[nH]c1=O. The summed E-state index contributed by atoms with van der Waals surface area (Å²) in [5.41, 5.74) is -0.963. The second kappa shape index (κ2) is 4.05. The fourth-order valence-corrected chi connectivity index (χ4v) is 1.91. The van der Waals surface area contributed by atoms with Gasteiger partial charge in [0.15, 0.2) is 0 Å². The number of aldehydes is 1. The van der Waals surface area contributed by atoms with Gasteiger partial charge >= 0.3 is 5.69 Å². The summed E-state index contributed by atoms with van der Waals surface area (Å²) < 4.78 is 6.70. The Morgan fingerprint density at radius 1 is 1.56 bits per heavy atom. The molecule has 1 aromatic heterocycles. The zero-order valence-electron chi connectivity index (χ0n) is 8.75. The number of H-pyrrole nitrogens is 1. The molecule has 1 N–H and O–H groups in total. The number of hydrogen-bond acceptors (Lipinski definition) is 4. The normalized spacial score (nSPS) is 29.2. The molecule has 0 bridgehead atoms. The van der Waals surface area contributed by atoms with E-state index in [4.69, 9.17) is 4.74 Å². The topological polar surface area (TPSA) is 81.2 Å². The summed E-state index contributed by atoms with van der Waals surface area (Å²) in [6.07, 6.45) is 1.74. The van der Waals surface area contributed by atoms with Crippen LogP contribution in [0.4, 0.5) is 0 Å². The zero-order valence-corrected chi connectivity index (χ0v) is 8.75. The minimum atomic E-state index is -0.518. The first kappa shape index (κ1) is 10.8. The molecule has 6 heteroatoms. The van der Waals surface area contributed by atoms with Crippen molar-refractivity contribution in [2.75, 3.05) is 0 Å². The number of carbonyl (C=O) groups excluding carboxylic acids is 1. The van der Waals surface area contributed by atoms with Gasteiger partial charge in [0.1, 0.15) is 18.6 Å². The Morgan fingerprint density at radius 2 is 2.31 bits per heavy atom. The van der Waals surface area contributed by atoms with Crippen molar-refractivity contribution in [1.82, 2.24) is 9.55 Å². The summed E-state index contributed by atoms with van der Waals surface area (Å²) in [5.74, 6) is 0.0544. The van der Waals surface area contributed by atoms with E-state index in [0.29, 0.717) is 6.42 Å². The molecule has 6 nitrogen and oxygen atoms in total. The maximum absolute atomic E-state index is 11.5. The van der Waals surface area contributed by atoms with Gasteiger partial charge in [-0.25, -0.2) is 4.79 Å². The molecular formula is C10H12N2O4. The van der Waals surface area contributed by atoms with Gasteiger partial charge in [-0.1, -0.05) is 6.92 Å². The highest BCUT2D eigenvalue weighted by molar-refractivity contribution is 5.56. The van der Waals surface area contributed by atoms with Crippen LogP contribution in [-0.4, -0.2) is 21.9 Å². The van der Waals surface area contributed by atoms with Crippen LogP contribution >= 0.6 is 0 Å². The molecule has 0 saturated carbocycles. The first-order valence-electron chi connectivity index (χ1n) is 5.04. The summed E-state index contributed by atoms with van der Waals surface area (Å²) in [5, 5.41) is 0. The molecule has 16 heavy (non-hydrogen) atoms. The van der Waals surface area contributed by atoms with Crippen LogP contribution < -0.4 is 11.2 Å². The molecule has 0 radical (unpaired) electrons. The van der Waals surface area contributed by atoms with Gasteiger partial charge in [0.05, 0.1) is 0 Å². The van der Waals surface area contributed by atoms with E-state index >= 15 is 0 Å². The van der Waals surface area contributed by atoms with Gasteiger partial charge in [0.25, 0.3) is 5.56 Å². The van der Waals surface area contributed by atoms with Gasteiger partial charge in [-0.15, -0.1) is 0 Å². The number of nitrogens with zero attached hydrogens (tertiary/aromatic N) is 1. The van der Waals surface area contributed by atoms with E-state index in [9.17, 15) is 14.4 Å². The lowest BCUT2D eigenvalue weighted by molar-refractivity contribution is -0.119. The van der Waals surface area contributed by atoms with Crippen molar-refractivity contribution in [1.29, 1.82) is 0 Å². The largest absolute Gasteiger partial charge is 0.347 e. The molecule has 0 amide bonds. The van der Waals surface area contributed by atoms with E-state index in [-0.39, 0.29) is 5.92 Å². The van der Waals surface area contributed by atoms with Crippen LogP contribution in [0.25, 0.3) is 0 Å². The second-order valence-electron chi connectivity index (χ2n) is 3.93. The Hall–Kier alpha value is -1.69. The van der Waals surface area contributed by atoms with Crippen LogP contribution in [0.5, 0.6) is 0 Å². The fraction of sp³-hybridized carbons (Fsp3) is 0.500. The van der Waals surface area contributed by atoms with Crippen molar-refractivity contribution in [2.24, 2.45) is 5.92 Å². The van der Waals surface area contributed by atoms with Crippen LogP contribution in [0.15, 0.2) is 21.9 Å². The van der Waals surface area contributed by atoms with E-state index in [1.54, 1.807) is 0 Å². The average Bonchev–Trinajstić information content (AvgIpc) is 2.60. The number of aromatic amines is 1. The molecule has 1 fully saturated rings. The number of aromatic nitrogens is 2. The van der Waals surface area contributed by atoms with Crippen molar-refractivity contribution >= 4 is 6.29 Å². The van der Waals surface area contributed by atoms with Gasteiger partial charge in [-0.05, 0) is 6.42 Å². The molecule has 1 aromatic rings. The average molecular weight is 224 g/mol. The lowest BCUT2D eigenvalue weighted by Crippen LogP contribution is -2.33. The van der Waals surface area contributed by atoms with Crippen LogP contribution in [0.2, 0.25) is 0 Å². The summed E-state index contributed by atoms with van der Waals surface area (Å²) in [7, 11) is 0. The highest BCUT2D eigenvalue weighted by atomic mass is 16.5. The fourth-order valence-electron chi connectivity index (χ4n) is 1.91. The highest BCUT2D eigenvalue weighted by Gasteiger charge is 2.33. The Kier molecular flexibility index (Phi) is 2.74. The molecule has 1 aliphatic heterocycles. The van der Waals surface area contributed by atoms with Gasteiger partial charge < -0.3 is 9.53 Å². The number of ether oxygens (including phenoxy) is 1. The monoisotopic (exact) mass is 224 g/mol. The van der Waals surface area contributed by atoms with Crippen LogP contribution in [0.1, 0.15) is 19.6 Å². The second-order valence-corrected chi connectivity index (χ2v) is 3.93. The van der Waals surface area contributed by atoms with Gasteiger partial charge in [0, 0.05) is 18.2 Å². The zero-order chi connectivity index (χ0) is 11.7. The Balaban J connectivity index is 2.35. The van der Waals surface area contributed by atoms with Gasteiger partial charge in [-0.3, -0.25) is 14.3 Å². The lowest BCUT2D eigenvalue weighted by atomic mass is 10.1. The molecule has 1 aliphatic rings. The Bertz CT molecular complexity index is 504. The van der Waals surface area contributed by atoms with Crippen LogP contribution in [0.3, 0.4) is 0 Å². The first-order valence-corrected chi connectivity index (χ1v) is 5.04. The van der Waals surface area contributed by atoms with Gasteiger partial charge in [0.2, 0.25) is 0 Å². The number of hydrogen-bond donors (Lipinski definition) is 1. The third kappa shape index (κ3) is 1.83. The van der Waals surface area contributed by atoms with E-state index in [1.807, 2.05) is 6.92 Å². The minimum Gasteiger partial charge on any atom is -0.347 e. The van der Waals surface area contributed by atoms with Crippen LogP contribution in [0, 0.1) is 5.92 Å². The quantitative estimate of drug-likeness (QED) is 0.697. The lowest BCUT2D eigenvalue weighted by Gasteiger charge is -2.16. The highest BCUT2D eigenvalue weighted by Crippen LogP contribution is 2.31. The standard InChI is InChI=1S/C10H12N2O4/c1-6-4-7(5-13)16-9(6)12-3-2-8(14)11-10(12)15/h2-3,5-7,9H,4H2,1H3,(H,11,14,15)/t6-,7-,9+/m0/s1. The Morgan fingerprint density at radius 3 is 2.88 bits per heavy atom. The summed E-state index contributed by atoms with van der Waals surface area (Å²) >= 11 is 0. The summed E-state index contributed by atoms with van der Waals surface area (Å²) in [4.78, 5) is 35.2. The maximum Gasteiger partial charge on any atom is 0.330 e. The molecular weight excluding hydrogens is 212 g/mol. The van der Waals surface area contributed by atoms with Crippen molar-refractivity contribution < 1.29 is 9.53 Å². The van der Waals surface area contributed by atoms with Crippen molar-refractivity contribution in [3.63, 3.8) is 0 Å². The molecule has 86 valence electrons. The van der Waals surface area contributed by atoms with E-state index in [1.165, 1.54) is 16.8 Å². The molecule has 0 spiro atoms. The molecule has 1 saturated heterocycles. The smallest absolute Gasteiger partial charge is 0.330 e. The molecule has 0 aromatic carbocycles. The van der Waals surface area contributed by atoms with E-state index < -0.39 is 23.6 Å². The van der Waals surface area contributed by atoms with Crippen molar-refractivity contribution in [3.8, 4) is 0 Å². The maximum atomic E-state index is 11.5. The van der Waals surface area contributed by atoms with Crippen molar-refractivity contribution in [3.05, 3.63) is 33.1 Å². The number of rotatable bonds is 2. The third-order valence-electron chi connectivity index (χ3n) is 2.68. The molecule has 0 unspecified atom stereocenters. The van der Waals surface area contributed by atoms with Crippen LogP contribution in [-0.2, 0) is 9.53 Å². The third-order valence-corrected chi connectivity index (χ3v) is 2.68. The van der Waals surface area contributed by atoms with E-state index in [0.717, 1.165) is 6.29 Å².